The lowest BCUT2D eigenvalue weighted by atomic mass is 10.2. The molecule has 0 radical (unpaired) electrons. The van der Waals surface area contributed by atoms with Crippen LogP contribution in [0.4, 0.5) is 0 Å². The van der Waals surface area contributed by atoms with E-state index in [1.54, 1.807) is 10.8 Å². The number of nitrogens with zero attached hydrogens (tertiary/aromatic N) is 4. The van der Waals surface area contributed by atoms with Crippen molar-refractivity contribution in [3.8, 4) is 11.8 Å². The first kappa shape index (κ1) is 13.8. The third-order valence-electron chi connectivity index (χ3n) is 2.82. The summed E-state index contributed by atoms with van der Waals surface area (Å²) in [5.41, 5.74) is 1.22. The van der Waals surface area contributed by atoms with Crippen LogP contribution in [0.15, 0.2) is 43.0 Å². The van der Waals surface area contributed by atoms with Crippen LogP contribution in [-0.4, -0.2) is 21.6 Å². The fraction of sp³-hybridized carbons (Fsp3) is 0.267. The molecular formula is C15H16N4O. The molecule has 1 aromatic carbocycles. The number of hydrogen-bond donors (Lipinski definition) is 0. The molecule has 1 aromatic heterocycles. The van der Waals surface area contributed by atoms with Gasteiger partial charge in [-0.25, -0.2) is 4.68 Å². The molecular weight excluding hydrogens is 252 g/mol. The van der Waals surface area contributed by atoms with Gasteiger partial charge in [-0.1, -0.05) is 29.5 Å². The number of benzene rings is 1. The van der Waals surface area contributed by atoms with Crippen LogP contribution in [-0.2, 0) is 13.0 Å². The van der Waals surface area contributed by atoms with Gasteiger partial charge in [0.1, 0.15) is 11.8 Å². The summed E-state index contributed by atoms with van der Waals surface area (Å²) in [6.45, 7) is 4.82. The average Bonchev–Trinajstić information content (AvgIpc) is 2.87. The highest BCUT2D eigenvalue weighted by Crippen LogP contribution is 2.11. The normalized spacial score (nSPS) is 9.95. The minimum absolute atomic E-state index is 0.381. The lowest BCUT2D eigenvalue weighted by molar-refractivity contribution is 0.309. The fourth-order valence-electron chi connectivity index (χ4n) is 1.88. The van der Waals surface area contributed by atoms with Gasteiger partial charge in [0.2, 0.25) is 0 Å². The number of ether oxygens (including phenoxy) is 1. The summed E-state index contributed by atoms with van der Waals surface area (Å²) in [5.74, 6) is 0.853. The second-order valence-electron chi connectivity index (χ2n) is 4.23. The molecule has 0 spiro atoms. The zero-order chi connectivity index (χ0) is 14.2. The van der Waals surface area contributed by atoms with Crippen molar-refractivity contribution >= 4 is 0 Å². The molecule has 0 saturated heterocycles. The number of rotatable bonds is 7. The van der Waals surface area contributed by atoms with Crippen LogP contribution in [0, 0.1) is 11.3 Å². The molecule has 0 bridgehead atoms. The van der Waals surface area contributed by atoms with E-state index in [0.717, 1.165) is 17.9 Å². The monoisotopic (exact) mass is 268 g/mol. The minimum Gasteiger partial charge on any atom is -0.494 e. The zero-order valence-electron chi connectivity index (χ0n) is 11.2. The molecule has 20 heavy (non-hydrogen) atoms. The average molecular weight is 268 g/mol. The van der Waals surface area contributed by atoms with Crippen molar-refractivity contribution < 1.29 is 4.74 Å². The lowest BCUT2D eigenvalue weighted by Crippen LogP contribution is -2.07. The molecule has 5 heteroatoms. The van der Waals surface area contributed by atoms with E-state index in [4.69, 9.17) is 10.00 Å². The molecule has 2 rings (SSSR count). The van der Waals surface area contributed by atoms with E-state index < -0.39 is 0 Å². The molecule has 0 aliphatic carbocycles. The second kappa shape index (κ2) is 7.10. The summed E-state index contributed by atoms with van der Waals surface area (Å²) in [7, 11) is 0. The Labute approximate surface area is 118 Å². The van der Waals surface area contributed by atoms with E-state index in [2.05, 4.69) is 23.0 Å². The maximum atomic E-state index is 9.01. The Morgan fingerprint density at radius 2 is 2.15 bits per heavy atom. The summed E-state index contributed by atoms with van der Waals surface area (Å²) in [6, 6.07) is 11.7. The quantitative estimate of drug-likeness (QED) is 0.571. The summed E-state index contributed by atoms with van der Waals surface area (Å²) in [6.07, 6.45) is 3.24. The highest BCUT2D eigenvalue weighted by atomic mass is 16.5. The highest BCUT2D eigenvalue weighted by molar-refractivity contribution is 5.25. The van der Waals surface area contributed by atoms with E-state index in [9.17, 15) is 0 Å². The predicted molar refractivity (Wildman–Crippen MR) is 75.2 cm³/mol. The SMILES string of the molecule is C=CCn1nnc(C#N)c1CCCOc1ccccc1. The minimum atomic E-state index is 0.381. The molecule has 0 N–H and O–H groups in total. The first-order valence-corrected chi connectivity index (χ1v) is 6.46. The summed E-state index contributed by atoms with van der Waals surface area (Å²) in [4.78, 5) is 0. The first-order chi connectivity index (χ1) is 9.85. The smallest absolute Gasteiger partial charge is 0.185 e. The van der Waals surface area contributed by atoms with Crippen LogP contribution >= 0.6 is 0 Å². The van der Waals surface area contributed by atoms with Gasteiger partial charge >= 0.3 is 0 Å². The van der Waals surface area contributed by atoms with Gasteiger partial charge in [0.15, 0.2) is 5.69 Å². The molecule has 102 valence electrons. The highest BCUT2D eigenvalue weighted by Gasteiger charge is 2.11. The Balaban J connectivity index is 1.89. The number of para-hydroxylation sites is 1. The fourth-order valence-corrected chi connectivity index (χ4v) is 1.88. The number of hydrogen-bond acceptors (Lipinski definition) is 4. The largest absolute Gasteiger partial charge is 0.494 e. The van der Waals surface area contributed by atoms with Gasteiger partial charge in [0.25, 0.3) is 0 Å². The predicted octanol–water partition coefficient (Wildman–Crippen LogP) is 2.35. The summed E-state index contributed by atoms with van der Waals surface area (Å²) < 4.78 is 7.33. The molecule has 0 aliphatic rings. The van der Waals surface area contributed by atoms with Gasteiger partial charge in [0, 0.05) is 0 Å². The molecule has 0 unspecified atom stereocenters. The maximum absolute atomic E-state index is 9.01. The van der Waals surface area contributed by atoms with E-state index in [0.29, 0.717) is 25.3 Å². The van der Waals surface area contributed by atoms with Crippen LogP contribution in [0.2, 0.25) is 0 Å². The van der Waals surface area contributed by atoms with Crippen LogP contribution in [0.1, 0.15) is 17.8 Å². The van der Waals surface area contributed by atoms with Crippen LogP contribution in [0.5, 0.6) is 5.75 Å². The van der Waals surface area contributed by atoms with E-state index in [1.807, 2.05) is 30.3 Å². The molecule has 0 saturated carbocycles. The van der Waals surface area contributed by atoms with E-state index >= 15 is 0 Å². The van der Waals surface area contributed by atoms with Gasteiger partial charge < -0.3 is 4.74 Å². The third-order valence-corrected chi connectivity index (χ3v) is 2.82. The summed E-state index contributed by atoms with van der Waals surface area (Å²) in [5, 5.41) is 16.8. The Kier molecular flexibility index (Phi) is 4.90. The van der Waals surface area contributed by atoms with Crippen molar-refractivity contribution in [1.29, 1.82) is 5.26 Å². The van der Waals surface area contributed by atoms with Crippen LogP contribution in [0.3, 0.4) is 0 Å². The Bertz CT molecular complexity index is 598. The van der Waals surface area contributed by atoms with Crippen molar-refractivity contribution in [3.63, 3.8) is 0 Å². The topological polar surface area (TPSA) is 63.7 Å². The zero-order valence-corrected chi connectivity index (χ0v) is 11.2. The van der Waals surface area contributed by atoms with Crippen molar-refractivity contribution in [2.24, 2.45) is 0 Å². The van der Waals surface area contributed by atoms with Crippen LogP contribution in [0.25, 0.3) is 0 Å². The number of aromatic nitrogens is 3. The molecule has 0 fully saturated rings. The van der Waals surface area contributed by atoms with E-state index in [-0.39, 0.29) is 0 Å². The Morgan fingerprint density at radius 1 is 1.35 bits per heavy atom. The van der Waals surface area contributed by atoms with Gasteiger partial charge in [-0.3, -0.25) is 0 Å². The molecule has 0 aliphatic heterocycles. The van der Waals surface area contributed by atoms with E-state index in [1.165, 1.54) is 0 Å². The summed E-state index contributed by atoms with van der Waals surface area (Å²) >= 11 is 0. The molecule has 1 heterocycles. The second-order valence-corrected chi connectivity index (χ2v) is 4.23. The van der Waals surface area contributed by atoms with Crippen molar-refractivity contribution in [1.82, 2.24) is 15.0 Å². The Hall–Kier alpha value is -2.61. The third kappa shape index (κ3) is 3.45. The molecule has 0 atom stereocenters. The molecule has 2 aromatic rings. The number of nitriles is 1. The number of allylic oxidation sites excluding steroid dienone is 1. The van der Waals surface area contributed by atoms with Crippen molar-refractivity contribution in [2.45, 2.75) is 19.4 Å². The van der Waals surface area contributed by atoms with Crippen molar-refractivity contribution in [2.75, 3.05) is 6.61 Å². The lowest BCUT2D eigenvalue weighted by Gasteiger charge is -2.06. The van der Waals surface area contributed by atoms with Gasteiger partial charge in [-0.2, -0.15) is 5.26 Å². The molecule has 5 nitrogen and oxygen atoms in total. The van der Waals surface area contributed by atoms with Gasteiger partial charge in [-0.05, 0) is 25.0 Å². The van der Waals surface area contributed by atoms with Crippen LogP contribution < -0.4 is 4.74 Å². The maximum Gasteiger partial charge on any atom is 0.185 e. The van der Waals surface area contributed by atoms with Crippen molar-refractivity contribution in [3.05, 3.63) is 54.4 Å². The van der Waals surface area contributed by atoms with Gasteiger partial charge in [-0.15, -0.1) is 11.7 Å². The first-order valence-electron chi connectivity index (χ1n) is 6.46. The molecule has 0 amide bonds. The van der Waals surface area contributed by atoms with Gasteiger partial charge in [0.05, 0.1) is 18.8 Å². The standard InChI is InChI=1S/C15H16N4O/c1-2-10-19-15(14(12-16)17-18-19)9-6-11-20-13-7-4-3-5-8-13/h2-5,7-8H,1,6,9-11H2. The Morgan fingerprint density at radius 3 is 2.85 bits per heavy atom.